The largest absolute Gasteiger partial charge is 0.374 e. The molecule has 0 aromatic heterocycles. The molecule has 0 aliphatic heterocycles. The number of halogens is 1. The molecule has 5 heteroatoms. The van der Waals surface area contributed by atoms with Crippen LogP contribution in [-0.4, -0.2) is 18.3 Å². The van der Waals surface area contributed by atoms with Crippen LogP contribution in [0.4, 0.5) is 4.39 Å². The number of azide groups is 1. The summed E-state index contributed by atoms with van der Waals surface area (Å²) in [5.41, 5.74) is 8.04. The van der Waals surface area contributed by atoms with Crippen LogP contribution in [0.1, 0.15) is 31.2 Å². The first-order valence-corrected chi connectivity index (χ1v) is 6.57. The zero-order valence-electron chi connectivity index (χ0n) is 10.8. The van der Waals surface area contributed by atoms with Crippen molar-refractivity contribution >= 4 is 0 Å². The van der Waals surface area contributed by atoms with Gasteiger partial charge in [0.25, 0.3) is 0 Å². The van der Waals surface area contributed by atoms with Crippen LogP contribution in [0.5, 0.6) is 0 Å². The van der Waals surface area contributed by atoms with Crippen LogP contribution in [0.3, 0.4) is 0 Å². The van der Waals surface area contributed by atoms with E-state index in [1.54, 1.807) is 0 Å². The lowest BCUT2D eigenvalue weighted by Gasteiger charge is -2.32. The highest BCUT2D eigenvalue weighted by Crippen LogP contribution is 2.33. The first-order chi connectivity index (χ1) is 9.22. The van der Waals surface area contributed by atoms with E-state index in [0.717, 1.165) is 5.56 Å². The highest BCUT2D eigenvalue weighted by molar-refractivity contribution is 5.13. The molecular formula is C14H18FN3O. The molecule has 1 saturated carbocycles. The molecule has 1 aromatic carbocycles. The molecule has 1 aliphatic carbocycles. The van der Waals surface area contributed by atoms with Gasteiger partial charge in [-0.05, 0) is 36.8 Å². The molecule has 2 rings (SSSR count). The monoisotopic (exact) mass is 263 g/mol. The minimum atomic E-state index is -1.33. The molecule has 0 spiro atoms. The fraction of sp³-hybridized carbons (Fsp3) is 0.571. The summed E-state index contributed by atoms with van der Waals surface area (Å²) in [5.74, 6) is 0. The van der Waals surface area contributed by atoms with Crippen LogP contribution in [0.25, 0.3) is 10.4 Å². The quantitative estimate of drug-likeness (QED) is 0.447. The first kappa shape index (κ1) is 13.8. The maximum atomic E-state index is 14.2. The second-order valence-corrected chi connectivity index (χ2v) is 5.04. The molecule has 1 aromatic rings. The van der Waals surface area contributed by atoms with Gasteiger partial charge in [-0.15, -0.1) is 0 Å². The Balaban J connectivity index is 1.76. The van der Waals surface area contributed by atoms with Crippen LogP contribution >= 0.6 is 0 Å². The van der Waals surface area contributed by atoms with E-state index in [2.05, 4.69) is 10.0 Å². The van der Waals surface area contributed by atoms with Crippen LogP contribution in [0.15, 0.2) is 35.4 Å². The lowest BCUT2D eigenvalue weighted by molar-refractivity contribution is -0.0212. The Morgan fingerprint density at radius 3 is 2.63 bits per heavy atom. The van der Waals surface area contributed by atoms with E-state index >= 15 is 0 Å². The highest BCUT2D eigenvalue weighted by atomic mass is 19.1. The topological polar surface area (TPSA) is 58.0 Å². The Labute approximate surface area is 112 Å². The van der Waals surface area contributed by atoms with Crippen LogP contribution < -0.4 is 0 Å². The molecule has 0 unspecified atom stereocenters. The van der Waals surface area contributed by atoms with E-state index in [9.17, 15) is 4.39 Å². The van der Waals surface area contributed by atoms with Gasteiger partial charge in [-0.25, -0.2) is 4.39 Å². The number of hydrogen-bond donors (Lipinski definition) is 0. The molecule has 1 fully saturated rings. The zero-order valence-corrected chi connectivity index (χ0v) is 10.8. The second-order valence-electron chi connectivity index (χ2n) is 5.04. The van der Waals surface area contributed by atoms with Crippen molar-refractivity contribution in [3.8, 4) is 0 Å². The molecule has 4 nitrogen and oxygen atoms in total. The van der Waals surface area contributed by atoms with Crippen molar-refractivity contribution in [3.05, 3.63) is 46.3 Å². The lowest BCUT2D eigenvalue weighted by Crippen LogP contribution is -2.35. The van der Waals surface area contributed by atoms with Crippen molar-refractivity contribution in [2.45, 2.75) is 44.1 Å². The molecule has 0 atom stereocenters. The molecule has 0 radical (unpaired) electrons. The first-order valence-electron chi connectivity index (χ1n) is 6.57. The van der Waals surface area contributed by atoms with Gasteiger partial charge < -0.3 is 4.74 Å². The van der Waals surface area contributed by atoms with Gasteiger partial charge in [0.15, 0.2) is 0 Å². The third-order valence-electron chi connectivity index (χ3n) is 3.57. The predicted octanol–water partition coefficient (Wildman–Crippen LogP) is 4.16. The molecule has 102 valence electrons. The third kappa shape index (κ3) is 4.23. The average molecular weight is 263 g/mol. The van der Waals surface area contributed by atoms with Gasteiger partial charge in [-0.1, -0.05) is 35.4 Å². The summed E-state index contributed by atoms with van der Waals surface area (Å²) < 4.78 is 20.0. The van der Waals surface area contributed by atoms with Crippen LogP contribution in [0.2, 0.25) is 0 Å². The Hall–Kier alpha value is -1.58. The summed E-state index contributed by atoms with van der Waals surface area (Å²) in [5, 5.41) is 3.35. The molecule has 0 amide bonds. The third-order valence-corrected chi connectivity index (χ3v) is 3.57. The Bertz CT molecular complexity index is 437. The van der Waals surface area contributed by atoms with Crippen molar-refractivity contribution < 1.29 is 9.13 Å². The van der Waals surface area contributed by atoms with Crippen molar-refractivity contribution in [1.29, 1.82) is 0 Å². The van der Waals surface area contributed by atoms with Crippen molar-refractivity contribution in [3.63, 3.8) is 0 Å². The SMILES string of the molecule is [N-]=[N+]=NC[C@]1(F)CC[C@H](OCc2ccccc2)CC1. The van der Waals surface area contributed by atoms with E-state index in [-0.39, 0.29) is 12.6 Å². The number of alkyl halides is 1. The molecule has 0 heterocycles. The number of hydrogen-bond acceptors (Lipinski definition) is 2. The van der Waals surface area contributed by atoms with Gasteiger partial charge in [0.1, 0.15) is 5.67 Å². The van der Waals surface area contributed by atoms with Gasteiger partial charge >= 0.3 is 0 Å². The lowest BCUT2D eigenvalue weighted by atomic mass is 9.85. The summed E-state index contributed by atoms with van der Waals surface area (Å²) in [6.45, 7) is 0.510. The zero-order chi connectivity index (χ0) is 13.6. The van der Waals surface area contributed by atoms with Crippen molar-refractivity contribution in [2.75, 3.05) is 6.54 Å². The van der Waals surface area contributed by atoms with E-state index in [0.29, 0.717) is 32.3 Å². The van der Waals surface area contributed by atoms with E-state index in [4.69, 9.17) is 10.3 Å². The smallest absolute Gasteiger partial charge is 0.116 e. The predicted molar refractivity (Wildman–Crippen MR) is 71.3 cm³/mol. The minimum absolute atomic E-state index is 0.0606. The molecule has 0 saturated heterocycles. The fourth-order valence-corrected chi connectivity index (χ4v) is 2.38. The van der Waals surface area contributed by atoms with Gasteiger partial charge in [0, 0.05) is 4.91 Å². The minimum Gasteiger partial charge on any atom is -0.374 e. The Morgan fingerprint density at radius 1 is 1.32 bits per heavy atom. The summed E-state index contributed by atoms with van der Waals surface area (Å²) in [7, 11) is 0. The normalized spacial score (nSPS) is 26.7. The van der Waals surface area contributed by atoms with Gasteiger partial charge in [-0.2, -0.15) is 0 Å². The van der Waals surface area contributed by atoms with E-state index in [1.807, 2.05) is 30.3 Å². The molecular weight excluding hydrogens is 245 g/mol. The second kappa shape index (κ2) is 6.55. The summed E-state index contributed by atoms with van der Waals surface area (Å²) in [6, 6.07) is 9.96. The van der Waals surface area contributed by atoms with Crippen molar-refractivity contribution in [1.82, 2.24) is 0 Å². The van der Waals surface area contributed by atoms with Gasteiger partial charge in [0.05, 0.1) is 19.3 Å². The maximum Gasteiger partial charge on any atom is 0.116 e. The average Bonchev–Trinajstić information content (AvgIpc) is 2.46. The Kier molecular flexibility index (Phi) is 4.77. The number of nitrogens with zero attached hydrogens (tertiary/aromatic N) is 3. The Morgan fingerprint density at radius 2 is 2.00 bits per heavy atom. The van der Waals surface area contributed by atoms with Crippen LogP contribution in [0, 0.1) is 0 Å². The maximum absolute atomic E-state index is 14.2. The summed E-state index contributed by atoms with van der Waals surface area (Å²) in [6.07, 6.45) is 2.29. The fourth-order valence-electron chi connectivity index (χ4n) is 2.38. The molecule has 1 aliphatic rings. The number of benzene rings is 1. The van der Waals surface area contributed by atoms with E-state index < -0.39 is 5.67 Å². The highest BCUT2D eigenvalue weighted by Gasteiger charge is 2.34. The standard InChI is InChI=1S/C14H18FN3O/c15-14(11-17-18-16)8-6-13(7-9-14)19-10-12-4-2-1-3-5-12/h1-5,13H,6-11H2/t13-,14-. The van der Waals surface area contributed by atoms with E-state index in [1.165, 1.54) is 0 Å². The van der Waals surface area contributed by atoms with Crippen molar-refractivity contribution in [2.24, 2.45) is 5.11 Å². The molecule has 0 N–H and O–H groups in total. The van der Waals surface area contributed by atoms with Gasteiger partial charge in [-0.3, -0.25) is 0 Å². The van der Waals surface area contributed by atoms with Gasteiger partial charge in [0.2, 0.25) is 0 Å². The summed E-state index contributed by atoms with van der Waals surface area (Å²) in [4.78, 5) is 2.62. The van der Waals surface area contributed by atoms with Crippen LogP contribution in [-0.2, 0) is 11.3 Å². The summed E-state index contributed by atoms with van der Waals surface area (Å²) >= 11 is 0. The number of rotatable bonds is 5. The number of ether oxygens (including phenoxy) is 1. The molecule has 0 bridgehead atoms. The molecule has 19 heavy (non-hydrogen) atoms.